The normalized spacial score (nSPS) is 21.2. The summed E-state index contributed by atoms with van der Waals surface area (Å²) in [6.45, 7) is 8.43. The van der Waals surface area contributed by atoms with Crippen LogP contribution in [0.25, 0.3) is 0 Å². The average molecular weight is 470 g/mol. The van der Waals surface area contributed by atoms with Crippen LogP contribution in [0.3, 0.4) is 0 Å². The molecule has 1 aliphatic rings. The van der Waals surface area contributed by atoms with Crippen molar-refractivity contribution < 1.29 is 18.0 Å². The molecule has 0 aromatic heterocycles. The fourth-order valence-corrected chi connectivity index (χ4v) is 5.82. The molecule has 7 nitrogen and oxygen atoms in total. The van der Waals surface area contributed by atoms with E-state index in [1.165, 1.54) is 10.4 Å². The largest absolute Gasteiger partial charge is 0.352 e. The lowest BCUT2D eigenvalue weighted by Gasteiger charge is -2.40. The van der Waals surface area contributed by atoms with Gasteiger partial charge in [0.1, 0.15) is 0 Å². The van der Waals surface area contributed by atoms with Crippen molar-refractivity contribution in [2.45, 2.75) is 37.8 Å². The molecule has 33 heavy (non-hydrogen) atoms. The van der Waals surface area contributed by atoms with Gasteiger partial charge in [0.05, 0.1) is 11.3 Å². The van der Waals surface area contributed by atoms with E-state index in [2.05, 4.69) is 17.2 Å². The monoisotopic (exact) mass is 469 g/mol. The summed E-state index contributed by atoms with van der Waals surface area (Å²) in [4.78, 5) is 24.1. The van der Waals surface area contributed by atoms with Crippen molar-refractivity contribution in [1.82, 2.24) is 14.9 Å². The van der Waals surface area contributed by atoms with Crippen LogP contribution >= 0.6 is 0 Å². The molecule has 0 saturated carbocycles. The van der Waals surface area contributed by atoms with Gasteiger partial charge in [0.15, 0.2) is 0 Å². The Morgan fingerprint density at radius 3 is 2.18 bits per heavy atom. The Kier molecular flexibility index (Phi) is 8.05. The summed E-state index contributed by atoms with van der Waals surface area (Å²) in [5.41, 5.74) is 1.76. The summed E-state index contributed by atoms with van der Waals surface area (Å²) < 4.78 is 27.9. The van der Waals surface area contributed by atoms with Crippen LogP contribution < -0.4 is 10.6 Å². The molecule has 0 radical (unpaired) electrons. The molecule has 1 aliphatic heterocycles. The number of benzene rings is 2. The van der Waals surface area contributed by atoms with Crippen LogP contribution in [0.4, 0.5) is 0 Å². The maximum atomic E-state index is 13.2. The smallest absolute Gasteiger partial charge is 0.243 e. The number of amides is 2. The Morgan fingerprint density at radius 2 is 1.61 bits per heavy atom. The van der Waals surface area contributed by atoms with Gasteiger partial charge in [0.25, 0.3) is 0 Å². The molecule has 2 N–H and O–H groups in total. The molecule has 0 aliphatic carbocycles. The zero-order valence-corrected chi connectivity index (χ0v) is 19.8. The van der Waals surface area contributed by atoms with E-state index in [1.54, 1.807) is 24.3 Å². The van der Waals surface area contributed by atoms with Gasteiger partial charge in [0, 0.05) is 25.7 Å². The SMILES string of the molecule is C=CC(=O)NC1C(C)CN(S(=O)(=O)c2ccc(CC(=O)NCc3ccccc3)cc2)CC1C. The molecule has 2 amide bonds. The lowest BCUT2D eigenvalue weighted by molar-refractivity contribution is -0.120. The molecule has 176 valence electrons. The second kappa shape index (κ2) is 10.8. The predicted octanol–water partition coefficient (Wildman–Crippen LogP) is 2.49. The number of sulfonamides is 1. The van der Waals surface area contributed by atoms with Crippen molar-refractivity contribution in [2.24, 2.45) is 11.8 Å². The van der Waals surface area contributed by atoms with Crippen LogP contribution in [-0.4, -0.2) is 43.7 Å². The summed E-state index contributed by atoms with van der Waals surface area (Å²) in [6.07, 6.45) is 1.40. The number of hydrogen-bond acceptors (Lipinski definition) is 4. The molecular weight excluding hydrogens is 438 g/mol. The third-order valence-electron chi connectivity index (χ3n) is 5.96. The maximum absolute atomic E-state index is 13.2. The van der Waals surface area contributed by atoms with E-state index in [9.17, 15) is 18.0 Å². The summed E-state index contributed by atoms with van der Waals surface area (Å²) in [5, 5.41) is 5.78. The molecule has 3 rings (SSSR count). The van der Waals surface area contributed by atoms with Gasteiger partial charge in [-0.05, 0) is 41.2 Å². The minimum absolute atomic E-state index is 0.0417. The first-order chi connectivity index (χ1) is 15.7. The lowest BCUT2D eigenvalue weighted by atomic mass is 9.87. The quantitative estimate of drug-likeness (QED) is 0.581. The number of rotatable bonds is 8. The predicted molar refractivity (Wildman–Crippen MR) is 128 cm³/mol. The average Bonchev–Trinajstić information content (AvgIpc) is 2.80. The molecule has 2 aromatic rings. The number of nitrogens with zero attached hydrogens (tertiary/aromatic N) is 1. The molecule has 1 heterocycles. The van der Waals surface area contributed by atoms with Crippen molar-refractivity contribution in [1.29, 1.82) is 0 Å². The highest BCUT2D eigenvalue weighted by atomic mass is 32.2. The van der Waals surface area contributed by atoms with Crippen molar-refractivity contribution in [3.05, 3.63) is 78.4 Å². The fourth-order valence-electron chi connectivity index (χ4n) is 4.18. The van der Waals surface area contributed by atoms with Gasteiger partial charge in [-0.25, -0.2) is 8.42 Å². The zero-order chi connectivity index (χ0) is 24.0. The summed E-state index contributed by atoms with van der Waals surface area (Å²) in [6, 6.07) is 16.0. The number of carbonyl (C=O) groups excluding carboxylic acids is 2. The second-order valence-corrected chi connectivity index (χ2v) is 10.5. The van der Waals surface area contributed by atoms with Gasteiger partial charge in [-0.3, -0.25) is 9.59 Å². The third kappa shape index (κ3) is 6.30. The maximum Gasteiger partial charge on any atom is 0.243 e. The minimum atomic E-state index is -3.68. The summed E-state index contributed by atoms with van der Waals surface area (Å²) in [5.74, 6) is -0.459. The van der Waals surface area contributed by atoms with Gasteiger partial charge in [-0.15, -0.1) is 0 Å². The Labute approximate surface area is 195 Å². The first-order valence-electron chi connectivity index (χ1n) is 11.0. The van der Waals surface area contributed by atoms with Crippen LogP contribution in [0.1, 0.15) is 25.0 Å². The van der Waals surface area contributed by atoms with Crippen molar-refractivity contribution >= 4 is 21.8 Å². The molecule has 2 atom stereocenters. The Balaban J connectivity index is 1.60. The van der Waals surface area contributed by atoms with Crippen LogP contribution in [0.15, 0.2) is 72.1 Å². The van der Waals surface area contributed by atoms with Gasteiger partial charge in [-0.1, -0.05) is 62.9 Å². The van der Waals surface area contributed by atoms with E-state index in [0.29, 0.717) is 19.6 Å². The zero-order valence-electron chi connectivity index (χ0n) is 19.0. The van der Waals surface area contributed by atoms with Crippen LogP contribution in [0.5, 0.6) is 0 Å². The molecular formula is C25H31N3O4S. The van der Waals surface area contributed by atoms with Crippen molar-refractivity contribution in [3.8, 4) is 0 Å². The Morgan fingerprint density at radius 1 is 1.00 bits per heavy atom. The molecule has 2 aromatic carbocycles. The highest BCUT2D eigenvalue weighted by Crippen LogP contribution is 2.27. The van der Waals surface area contributed by atoms with Crippen molar-refractivity contribution in [3.63, 3.8) is 0 Å². The number of hydrogen-bond donors (Lipinski definition) is 2. The first kappa shape index (κ1) is 24.7. The van der Waals surface area contributed by atoms with Crippen LogP contribution in [0, 0.1) is 11.8 Å². The highest BCUT2D eigenvalue weighted by Gasteiger charge is 2.38. The van der Waals surface area contributed by atoms with Gasteiger partial charge in [0.2, 0.25) is 21.8 Å². The van der Waals surface area contributed by atoms with E-state index in [-0.39, 0.29) is 41.0 Å². The van der Waals surface area contributed by atoms with E-state index in [4.69, 9.17) is 0 Å². The van der Waals surface area contributed by atoms with Crippen molar-refractivity contribution in [2.75, 3.05) is 13.1 Å². The van der Waals surface area contributed by atoms with E-state index < -0.39 is 10.0 Å². The molecule has 1 fully saturated rings. The Bertz CT molecular complexity index is 1070. The molecule has 2 unspecified atom stereocenters. The lowest BCUT2D eigenvalue weighted by Crippen LogP contribution is -2.55. The minimum Gasteiger partial charge on any atom is -0.352 e. The molecule has 0 bridgehead atoms. The summed E-state index contributed by atoms with van der Waals surface area (Å²) >= 11 is 0. The third-order valence-corrected chi connectivity index (χ3v) is 7.81. The fraction of sp³-hybridized carbons (Fsp3) is 0.360. The van der Waals surface area contributed by atoms with Gasteiger partial charge in [-0.2, -0.15) is 4.31 Å². The van der Waals surface area contributed by atoms with Crippen LogP contribution in [0.2, 0.25) is 0 Å². The van der Waals surface area contributed by atoms with E-state index in [0.717, 1.165) is 11.1 Å². The molecule has 1 saturated heterocycles. The number of carbonyl (C=O) groups is 2. The topological polar surface area (TPSA) is 95.6 Å². The van der Waals surface area contributed by atoms with Crippen LogP contribution in [-0.2, 0) is 32.6 Å². The molecule has 8 heteroatoms. The van der Waals surface area contributed by atoms with Gasteiger partial charge >= 0.3 is 0 Å². The second-order valence-electron chi connectivity index (χ2n) is 8.60. The standard InChI is InChI=1S/C25H31N3O4S/c1-4-23(29)27-25-18(2)16-28(17-19(25)3)33(31,32)22-12-10-20(11-13-22)14-24(30)26-15-21-8-6-5-7-9-21/h4-13,18-19,25H,1,14-17H2,2-3H3,(H,26,30)(H,27,29). The Hall–Kier alpha value is -2.97. The number of piperidine rings is 1. The first-order valence-corrected chi connectivity index (χ1v) is 12.5. The molecule has 0 spiro atoms. The van der Waals surface area contributed by atoms with Gasteiger partial charge < -0.3 is 10.6 Å². The van der Waals surface area contributed by atoms with E-state index >= 15 is 0 Å². The summed E-state index contributed by atoms with van der Waals surface area (Å²) in [7, 11) is -3.68. The highest BCUT2D eigenvalue weighted by molar-refractivity contribution is 7.89. The number of nitrogens with one attached hydrogen (secondary N) is 2. The van der Waals surface area contributed by atoms with E-state index in [1.807, 2.05) is 44.2 Å².